The van der Waals surface area contributed by atoms with Crippen molar-refractivity contribution < 1.29 is 17.9 Å². The van der Waals surface area contributed by atoms with Crippen LogP contribution in [0, 0.1) is 0 Å². The van der Waals surface area contributed by atoms with Crippen LogP contribution in [0.3, 0.4) is 0 Å². The number of sulfonamides is 1. The SMILES string of the molecule is COc1ccc(C(CNC(=O)/C=C/c2ccc(NS(C)(=O)=O)cc2)N(C)C)cc1. The number of carbonyl (C=O) groups excluding carboxylic acids is 1. The first kappa shape index (κ1) is 22.4. The third kappa shape index (κ3) is 7.59. The summed E-state index contributed by atoms with van der Waals surface area (Å²) in [5.41, 5.74) is 2.34. The molecule has 0 saturated carbocycles. The quantitative estimate of drug-likeness (QED) is 0.612. The number of nitrogens with one attached hydrogen (secondary N) is 2. The van der Waals surface area contributed by atoms with Crippen LogP contribution < -0.4 is 14.8 Å². The fourth-order valence-electron chi connectivity index (χ4n) is 2.73. The van der Waals surface area contributed by atoms with Crippen molar-refractivity contribution in [3.05, 3.63) is 65.7 Å². The molecule has 7 nitrogen and oxygen atoms in total. The summed E-state index contributed by atoms with van der Waals surface area (Å²) in [5, 5.41) is 2.91. The van der Waals surface area contributed by atoms with Gasteiger partial charge in [0.25, 0.3) is 0 Å². The highest BCUT2D eigenvalue weighted by Crippen LogP contribution is 2.20. The summed E-state index contributed by atoms with van der Waals surface area (Å²) in [6, 6.07) is 14.5. The van der Waals surface area contributed by atoms with E-state index >= 15 is 0 Å². The molecule has 156 valence electrons. The minimum absolute atomic E-state index is 0.0274. The first-order valence-corrected chi connectivity index (χ1v) is 10.9. The predicted molar refractivity (Wildman–Crippen MR) is 116 cm³/mol. The van der Waals surface area contributed by atoms with E-state index in [-0.39, 0.29) is 11.9 Å². The van der Waals surface area contributed by atoms with Crippen LogP contribution in [0.5, 0.6) is 5.75 Å². The Morgan fingerprint density at radius 2 is 1.72 bits per heavy atom. The van der Waals surface area contributed by atoms with E-state index in [1.807, 2.05) is 43.3 Å². The van der Waals surface area contributed by atoms with E-state index in [2.05, 4.69) is 10.0 Å². The lowest BCUT2D eigenvalue weighted by molar-refractivity contribution is -0.116. The van der Waals surface area contributed by atoms with Gasteiger partial charge in [-0.2, -0.15) is 0 Å². The lowest BCUT2D eigenvalue weighted by Gasteiger charge is -2.25. The fourth-order valence-corrected chi connectivity index (χ4v) is 3.29. The molecule has 0 aliphatic carbocycles. The standard InChI is InChI=1S/C21H27N3O4S/c1-24(2)20(17-8-12-19(28-3)13-9-17)15-22-21(25)14-7-16-5-10-18(11-6-16)23-29(4,26)27/h5-14,20,23H,15H2,1-4H3,(H,22,25)/b14-7+. The molecule has 0 saturated heterocycles. The molecule has 0 spiro atoms. The molecule has 0 radical (unpaired) electrons. The third-order valence-corrected chi connectivity index (χ3v) is 4.84. The Labute approximate surface area is 172 Å². The Morgan fingerprint density at radius 3 is 2.24 bits per heavy atom. The van der Waals surface area contributed by atoms with Crippen molar-refractivity contribution in [2.24, 2.45) is 0 Å². The van der Waals surface area contributed by atoms with Crippen molar-refractivity contribution in [3.63, 3.8) is 0 Å². The number of anilines is 1. The van der Waals surface area contributed by atoms with Gasteiger partial charge in [0.1, 0.15) is 5.75 Å². The summed E-state index contributed by atoms with van der Waals surface area (Å²) in [6.07, 6.45) is 4.23. The highest BCUT2D eigenvalue weighted by molar-refractivity contribution is 7.92. The van der Waals surface area contributed by atoms with Gasteiger partial charge in [0, 0.05) is 18.3 Å². The number of ether oxygens (including phenoxy) is 1. The average Bonchev–Trinajstić information content (AvgIpc) is 2.66. The minimum atomic E-state index is -3.31. The number of amides is 1. The van der Waals surface area contributed by atoms with E-state index < -0.39 is 10.0 Å². The molecule has 1 atom stereocenters. The van der Waals surface area contributed by atoms with Gasteiger partial charge in [-0.25, -0.2) is 8.42 Å². The van der Waals surface area contributed by atoms with Crippen LogP contribution in [-0.4, -0.2) is 53.2 Å². The third-order valence-electron chi connectivity index (χ3n) is 4.23. The number of methoxy groups -OCH3 is 1. The number of benzene rings is 2. The van der Waals surface area contributed by atoms with Gasteiger partial charge < -0.3 is 15.0 Å². The van der Waals surface area contributed by atoms with E-state index in [4.69, 9.17) is 4.74 Å². The van der Waals surface area contributed by atoms with Gasteiger partial charge in [0.2, 0.25) is 15.9 Å². The molecule has 8 heteroatoms. The second-order valence-electron chi connectivity index (χ2n) is 6.83. The Hall–Kier alpha value is -2.84. The zero-order valence-corrected chi connectivity index (χ0v) is 17.9. The number of hydrogen-bond donors (Lipinski definition) is 2. The second kappa shape index (κ2) is 10.1. The smallest absolute Gasteiger partial charge is 0.244 e. The zero-order chi connectivity index (χ0) is 21.4. The number of carbonyl (C=O) groups is 1. The maximum absolute atomic E-state index is 12.2. The molecular weight excluding hydrogens is 390 g/mol. The van der Waals surface area contributed by atoms with E-state index in [1.165, 1.54) is 6.08 Å². The predicted octanol–water partition coefficient (Wildman–Crippen LogP) is 2.50. The minimum Gasteiger partial charge on any atom is -0.497 e. The van der Waals surface area contributed by atoms with Crippen LogP contribution in [-0.2, 0) is 14.8 Å². The zero-order valence-electron chi connectivity index (χ0n) is 17.0. The Bertz CT molecular complexity index is 937. The Kier molecular flexibility index (Phi) is 7.81. The van der Waals surface area contributed by atoms with E-state index in [0.717, 1.165) is 23.1 Å². The number of rotatable bonds is 9. The van der Waals surface area contributed by atoms with Crippen molar-refractivity contribution in [2.75, 3.05) is 38.7 Å². The lowest BCUT2D eigenvalue weighted by atomic mass is 10.1. The molecule has 2 N–H and O–H groups in total. The molecule has 0 aromatic heterocycles. The number of nitrogens with zero attached hydrogens (tertiary/aromatic N) is 1. The number of likely N-dealkylation sites (N-methyl/N-ethyl adjacent to an activating group) is 1. The summed E-state index contributed by atoms with van der Waals surface area (Å²) < 4.78 is 30.0. The Balaban J connectivity index is 1.94. The summed E-state index contributed by atoms with van der Waals surface area (Å²) >= 11 is 0. The molecule has 29 heavy (non-hydrogen) atoms. The van der Waals surface area contributed by atoms with Crippen molar-refractivity contribution in [1.29, 1.82) is 0 Å². The number of hydrogen-bond acceptors (Lipinski definition) is 5. The molecule has 0 aliphatic heterocycles. The summed E-state index contributed by atoms with van der Waals surface area (Å²) in [5.74, 6) is 0.583. The largest absolute Gasteiger partial charge is 0.497 e. The van der Waals surface area contributed by atoms with Gasteiger partial charge in [-0.3, -0.25) is 9.52 Å². The molecule has 0 fully saturated rings. The maximum Gasteiger partial charge on any atom is 0.244 e. The fraction of sp³-hybridized carbons (Fsp3) is 0.286. The molecule has 0 heterocycles. The van der Waals surface area contributed by atoms with Crippen LogP contribution in [0.4, 0.5) is 5.69 Å². The van der Waals surface area contributed by atoms with Crippen LogP contribution in [0.1, 0.15) is 17.2 Å². The molecule has 2 aromatic carbocycles. The van der Waals surface area contributed by atoms with Crippen LogP contribution in [0.25, 0.3) is 6.08 Å². The average molecular weight is 418 g/mol. The molecule has 0 bridgehead atoms. The summed E-state index contributed by atoms with van der Waals surface area (Å²) in [4.78, 5) is 14.2. The first-order valence-electron chi connectivity index (χ1n) is 9.02. The van der Waals surface area contributed by atoms with Crippen LogP contribution in [0.2, 0.25) is 0 Å². The van der Waals surface area contributed by atoms with Crippen molar-refractivity contribution >= 4 is 27.7 Å². The van der Waals surface area contributed by atoms with Gasteiger partial charge in [-0.15, -0.1) is 0 Å². The first-order chi connectivity index (χ1) is 13.7. The highest BCUT2D eigenvalue weighted by Gasteiger charge is 2.14. The molecule has 0 aliphatic rings. The molecule has 1 amide bonds. The van der Waals surface area contributed by atoms with E-state index in [0.29, 0.717) is 12.2 Å². The van der Waals surface area contributed by atoms with Crippen molar-refractivity contribution in [2.45, 2.75) is 6.04 Å². The molecule has 2 aromatic rings. The summed E-state index contributed by atoms with van der Waals surface area (Å²) in [7, 11) is 2.24. The van der Waals surface area contributed by atoms with Gasteiger partial charge in [-0.1, -0.05) is 24.3 Å². The Morgan fingerprint density at radius 1 is 1.10 bits per heavy atom. The van der Waals surface area contributed by atoms with Crippen LogP contribution in [0.15, 0.2) is 54.6 Å². The van der Waals surface area contributed by atoms with Crippen LogP contribution >= 0.6 is 0 Å². The topological polar surface area (TPSA) is 87.7 Å². The van der Waals surface area contributed by atoms with Gasteiger partial charge in [0.05, 0.1) is 19.4 Å². The molecular formula is C21H27N3O4S. The monoisotopic (exact) mass is 417 g/mol. The highest BCUT2D eigenvalue weighted by atomic mass is 32.2. The summed E-state index contributed by atoms with van der Waals surface area (Å²) in [6.45, 7) is 0.458. The van der Waals surface area contributed by atoms with Crippen molar-refractivity contribution in [3.8, 4) is 5.75 Å². The van der Waals surface area contributed by atoms with E-state index in [9.17, 15) is 13.2 Å². The van der Waals surface area contributed by atoms with Gasteiger partial charge in [0.15, 0.2) is 0 Å². The maximum atomic E-state index is 12.2. The van der Waals surface area contributed by atoms with E-state index in [1.54, 1.807) is 37.5 Å². The van der Waals surface area contributed by atoms with Gasteiger partial charge in [-0.05, 0) is 55.6 Å². The molecule has 2 rings (SSSR count). The lowest BCUT2D eigenvalue weighted by Crippen LogP contribution is -2.33. The van der Waals surface area contributed by atoms with Gasteiger partial charge >= 0.3 is 0 Å². The second-order valence-corrected chi connectivity index (χ2v) is 8.58. The molecule has 1 unspecified atom stereocenters. The normalized spacial score (nSPS) is 12.7. The van der Waals surface area contributed by atoms with Crippen molar-refractivity contribution in [1.82, 2.24) is 10.2 Å².